The minimum atomic E-state index is -0.0656. The summed E-state index contributed by atoms with van der Waals surface area (Å²) in [6.45, 7) is 9.69. The lowest BCUT2D eigenvalue weighted by molar-refractivity contribution is 0.299. The molecule has 0 fully saturated rings. The van der Waals surface area contributed by atoms with Gasteiger partial charge in [0.25, 0.3) is 0 Å². The van der Waals surface area contributed by atoms with E-state index in [2.05, 4.69) is 148 Å². The molecule has 1 aliphatic carbocycles. The van der Waals surface area contributed by atoms with E-state index in [1.165, 1.54) is 48.1 Å². The van der Waals surface area contributed by atoms with Crippen molar-refractivity contribution in [3.05, 3.63) is 126 Å². The smallest absolute Gasteiger partial charge is 0.0464 e. The molecule has 2 heteroatoms. The summed E-state index contributed by atoms with van der Waals surface area (Å²) in [7, 11) is 0. The van der Waals surface area contributed by atoms with E-state index in [9.17, 15) is 0 Å². The second-order valence-electron chi connectivity index (χ2n) is 11.4. The molecule has 1 heterocycles. The second kappa shape index (κ2) is 8.31. The molecule has 0 unspecified atom stereocenters. The van der Waals surface area contributed by atoms with Crippen molar-refractivity contribution < 1.29 is 0 Å². The van der Waals surface area contributed by atoms with Gasteiger partial charge in [-0.05, 0) is 81.6 Å². The van der Waals surface area contributed by atoms with Crippen LogP contribution in [0.25, 0.3) is 31.3 Å². The van der Waals surface area contributed by atoms with E-state index in [0.717, 1.165) is 11.4 Å². The van der Waals surface area contributed by atoms with Crippen LogP contribution in [0.3, 0.4) is 0 Å². The van der Waals surface area contributed by atoms with E-state index in [4.69, 9.17) is 0 Å². The van der Waals surface area contributed by atoms with E-state index >= 15 is 0 Å². The molecule has 0 saturated heterocycles. The summed E-state index contributed by atoms with van der Waals surface area (Å²) in [5.74, 6) is 0. The Hall–Kier alpha value is -3.88. The molecule has 1 aromatic heterocycles. The lowest BCUT2D eigenvalue weighted by Gasteiger charge is -2.49. The van der Waals surface area contributed by atoms with Gasteiger partial charge in [-0.15, -0.1) is 11.3 Å². The van der Waals surface area contributed by atoms with Crippen LogP contribution in [-0.4, -0.2) is 0 Å². The van der Waals surface area contributed by atoms with E-state index in [0.29, 0.717) is 0 Å². The minimum absolute atomic E-state index is 0.0461. The van der Waals surface area contributed by atoms with Crippen LogP contribution in [0, 0.1) is 0 Å². The van der Waals surface area contributed by atoms with Crippen molar-refractivity contribution in [2.45, 2.75) is 38.5 Å². The molecule has 1 nitrogen and oxygen atoms in total. The van der Waals surface area contributed by atoms with Gasteiger partial charge in [0.1, 0.15) is 0 Å². The molecule has 0 N–H and O–H groups in total. The molecule has 6 aromatic rings. The zero-order valence-corrected chi connectivity index (χ0v) is 23.1. The van der Waals surface area contributed by atoms with Crippen molar-refractivity contribution in [1.29, 1.82) is 0 Å². The topological polar surface area (TPSA) is 3.24 Å². The lowest BCUT2D eigenvalue weighted by Crippen LogP contribution is -2.43. The third kappa shape index (κ3) is 3.23. The Morgan fingerprint density at radius 2 is 1.13 bits per heavy atom. The first-order valence-electron chi connectivity index (χ1n) is 13.4. The number of nitrogens with zero attached hydrogens (tertiary/aromatic N) is 1. The summed E-state index contributed by atoms with van der Waals surface area (Å²) in [4.78, 5) is 2.37. The molecule has 0 radical (unpaired) electrons. The predicted octanol–water partition coefficient (Wildman–Crippen LogP) is 10.8. The van der Waals surface area contributed by atoms with Gasteiger partial charge in [-0.3, -0.25) is 0 Å². The molecule has 5 aromatic carbocycles. The van der Waals surface area contributed by atoms with Crippen LogP contribution in [-0.2, 0) is 10.8 Å². The van der Waals surface area contributed by atoms with E-state index < -0.39 is 0 Å². The fraction of sp³-hybridized carbons (Fsp3) is 0.167. The largest absolute Gasteiger partial charge is 0.310 e. The summed E-state index contributed by atoms with van der Waals surface area (Å²) in [5, 5.41) is 2.77. The van der Waals surface area contributed by atoms with Gasteiger partial charge in [-0.25, -0.2) is 0 Å². The highest BCUT2D eigenvalue weighted by Crippen LogP contribution is 2.57. The molecule has 0 atom stereocenters. The highest BCUT2D eigenvalue weighted by atomic mass is 32.1. The number of para-hydroxylation sites is 2. The van der Waals surface area contributed by atoms with Crippen molar-refractivity contribution in [2.24, 2.45) is 0 Å². The van der Waals surface area contributed by atoms with Crippen LogP contribution in [0.15, 0.2) is 115 Å². The van der Waals surface area contributed by atoms with Crippen LogP contribution in [0.2, 0.25) is 0 Å². The van der Waals surface area contributed by atoms with E-state index in [1.54, 1.807) is 0 Å². The van der Waals surface area contributed by atoms with E-state index in [-0.39, 0.29) is 10.8 Å². The van der Waals surface area contributed by atoms with Gasteiger partial charge in [0, 0.05) is 37.2 Å². The van der Waals surface area contributed by atoms with Crippen molar-refractivity contribution in [1.82, 2.24) is 0 Å². The lowest BCUT2D eigenvalue weighted by atomic mass is 9.55. The average molecular weight is 510 g/mol. The number of benzene rings is 5. The minimum Gasteiger partial charge on any atom is -0.310 e. The molecule has 38 heavy (non-hydrogen) atoms. The Bertz CT molecular complexity index is 1770. The number of thiophene rings is 1. The van der Waals surface area contributed by atoms with Gasteiger partial charge in [0.05, 0.1) is 0 Å². The van der Waals surface area contributed by atoms with Gasteiger partial charge in [-0.1, -0.05) is 94.4 Å². The maximum atomic E-state index is 2.45. The van der Waals surface area contributed by atoms with Crippen LogP contribution in [0.1, 0.15) is 38.8 Å². The summed E-state index contributed by atoms with van der Waals surface area (Å²) in [6, 6.07) is 42.2. The maximum Gasteiger partial charge on any atom is 0.0464 e. The van der Waals surface area contributed by atoms with E-state index in [1.807, 2.05) is 11.3 Å². The van der Waals surface area contributed by atoms with Gasteiger partial charge in [0.2, 0.25) is 0 Å². The Labute approximate surface area is 229 Å². The molecule has 186 valence electrons. The fourth-order valence-corrected chi connectivity index (χ4v) is 7.41. The summed E-state index contributed by atoms with van der Waals surface area (Å²) in [6.07, 6.45) is 0. The Kier molecular flexibility index (Phi) is 5.09. The van der Waals surface area contributed by atoms with Gasteiger partial charge in [0.15, 0.2) is 0 Å². The van der Waals surface area contributed by atoms with Crippen LogP contribution in [0.5, 0.6) is 0 Å². The highest BCUT2D eigenvalue weighted by molar-refractivity contribution is 7.25. The monoisotopic (exact) mass is 509 g/mol. The van der Waals surface area contributed by atoms with Crippen molar-refractivity contribution >= 4 is 48.6 Å². The standard InChI is InChI=1S/C36H31NS/c1-35(2)29-21-22-32-34(28-17-11-12-18-31(28)38-32)33(29)27-20-19-26(23-30(27)36(35,3)4)37(24-13-7-5-8-14-24)25-15-9-6-10-16-25/h5-23H,1-4H3. The normalized spacial score (nSPS) is 15.3. The maximum absolute atomic E-state index is 2.45. The van der Waals surface area contributed by atoms with Crippen LogP contribution in [0.4, 0.5) is 17.1 Å². The fourth-order valence-electron chi connectivity index (χ4n) is 6.30. The number of hydrogen-bond donors (Lipinski definition) is 0. The van der Waals surface area contributed by atoms with Crippen molar-refractivity contribution in [3.63, 3.8) is 0 Å². The Morgan fingerprint density at radius 1 is 0.526 bits per heavy atom. The zero-order chi connectivity index (χ0) is 26.1. The molecular weight excluding hydrogens is 478 g/mol. The Balaban J connectivity index is 1.53. The van der Waals surface area contributed by atoms with Crippen LogP contribution >= 0.6 is 11.3 Å². The molecule has 0 amide bonds. The highest BCUT2D eigenvalue weighted by Gasteiger charge is 2.46. The predicted molar refractivity (Wildman–Crippen MR) is 166 cm³/mol. The van der Waals surface area contributed by atoms with Gasteiger partial charge < -0.3 is 4.90 Å². The SMILES string of the molecule is CC1(C)c2cc(N(c3ccccc3)c3ccccc3)ccc2-c2c(ccc3sc4ccccc4c23)C1(C)C. The molecule has 0 spiro atoms. The second-order valence-corrected chi connectivity index (χ2v) is 12.5. The molecular formula is C36H31NS. The summed E-state index contributed by atoms with van der Waals surface area (Å²) >= 11 is 1.90. The number of fused-ring (bicyclic) bond motifs is 7. The number of anilines is 3. The zero-order valence-electron chi connectivity index (χ0n) is 22.3. The first-order valence-corrected chi connectivity index (χ1v) is 14.2. The third-order valence-electron chi connectivity index (χ3n) is 9.01. The van der Waals surface area contributed by atoms with Crippen molar-refractivity contribution in [3.8, 4) is 11.1 Å². The molecule has 0 saturated carbocycles. The first-order chi connectivity index (χ1) is 18.4. The molecule has 1 aliphatic rings. The average Bonchev–Trinajstić information content (AvgIpc) is 3.32. The Morgan fingerprint density at radius 3 is 1.82 bits per heavy atom. The third-order valence-corrected chi connectivity index (χ3v) is 10.1. The molecule has 0 bridgehead atoms. The van der Waals surface area contributed by atoms with Gasteiger partial charge in [-0.2, -0.15) is 0 Å². The molecule has 7 rings (SSSR count). The summed E-state index contributed by atoms with van der Waals surface area (Å²) in [5.41, 5.74) is 9.04. The van der Waals surface area contributed by atoms with Gasteiger partial charge >= 0.3 is 0 Å². The number of hydrogen-bond acceptors (Lipinski definition) is 2. The quantitative estimate of drug-likeness (QED) is 0.229. The summed E-state index contributed by atoms with van der Waals surface area (Å²) < 4.78 is 2.72. The van der Waals surface area contributed by atoms with Crippen molar-refractivity contribution in [2.75, 3.05) is 4.90 Å². The molecule has 0 aliphatic heterocycles. The first kappa shape index (κ1) is 23.3. The number of rotatable bonds is 3. The van der Waals surface area contributed by atoms with Crippen LogP contribution < -0.4 is 4.90 Å².